The number of rotatable bonds is 2. The Hall–Kier alpha value is -2.21. The maximum atomic E-state index is 12.4. The molecule has 1 aliphatic rings. The Labute approximate surface area is 125 Å². The van der Waals surface area contributed by atoms with Crippen molar-refractivity contribution < 1.29 is 4.79 Å². The molecule has 106 valence electrons. The van der Waals surface area contributed by atoms with Gasteiger partial charge in [-0.3, -0.25) is 4.79 Å². The molecule has 0 fully saturated rings. The number of aryl methyl sites for hydroxylation is 1. The van der Waals surface area contributed by atoms with Crippen LogP contribution in [0.1, 0.15) is 22.6 Å². The number of nitrogens with zero attached hydrogens (tertiary/aromatic N) is 3. The molecule has 0 radical (unpaired) electrons. The van der Waals surface area contributed by atoms with E-state index >= 15 is 0 Å². The van der Waals surface area contributed by atoms with Crippen molar-refractivity contribution in [1.29, 1.82) is 0 Å². The minimum absolute atomic E-state index is 0.0149. The number of benzene rings is 1. The molecular weight excluding hydrogens is 284 g/mol. The fourth-order valence-electron chi connectivity index (χ4n) is 2.75. The van der Waals surface area contributed by atoms with Gasteiger partial charge in [-0.15, -0.1) is 11.3 Å². The topological polar surface area (TPSA) is 59.8 Å². The first-order valence-electron chi connectivity index (χ1n) is 6.94. The molecule has 1 aromatic carbocycles. The molecule has 21 heavy (non-hydrogen) atoms. The maximum absolute atomic E-state index is 12.4. The average molecular weight is 298 g/mol. The van der Waals surface area contributed by atoms with E-state index in [1.807, 2.05) is 30.6 Å². The van der Waals surface area contributed by atoms with Crippen molar-refractivity contribution in [2.24, 2.45) is 0 Å². The van der Waals surface area contributed by atoms with Gasteiger partial charge in [-0.25, -0.2) is 9.97 Å². The van der Waals surface area contributed by atoms with Crippen molar-refractivity contribution in [3.63, 3.8) is 0 Å². The predicted octanol–water partition coefficient (Wildman–Crippen LogP) is 2.24. The zero-order valence-electron chi connectivity index (χ0n) is 11.3. The highest BCUT2D eigenvalue weighted by molar-refractivity contribution is 7.16. The summed E-state index contributed by atoms with van der Waals surface area (Å²) in [5.41, 5.74) is 3.44. The molecule has 6 heteroatoms. The highest BCUT2D eigenvalue weighted by Gasteiger charge is 2.20. The van der Waals surface area contributed by atoms with E-state index < -0.39 is 0 Å². The van der Waals surface area contributed by atoms with Crippen LogP contribution in [-0.4, -0.2) is 26.5 Å². The van der Waals surface area contributed by atoms with Crippen molar-refractivity contribution in [3.05, 3.63) is 47.5 Å². The van der Waals surface area contributed by atoms with Gasteiger partial charge >= 0.3 is 0 Å². The molecule has 0 unspecified atom stereocenters. The summed E-state index contributed by atoms with van der Waals surface area (Å²) < 4.78 is 3.16. The van der Waals surface area contributed by atoms with Crippen LogP contribution in [-0.2, 0) is 13.0 Å². The number of imidazole rings is 1. The maximum Gasteiger partial charge on any atom is 0.251 e. The lowest BCUT2D eigenvalue weighted by atomic mass is 10.1. The monoisotopic (exact) mass is 298 g/mol. The Kier molecular flexibility index (Phi) is 2.96. The molecule has 5 nitrogen and oxygen atoms in total. The first kappa shape index (κ1) is 12.5. The standard InChI is InChI=1S/C15H14N4OS/c20-15(10-1-3-12-13(7-10)21-9-17-12)18-11-2-4-14-16-5-6-19(14)8-11/h1,3,5-7,9,11H,2,4,8H2,(H,18,20)/t11-/m1/s1. The Morgan fingerprint density at radius 1 is 1.38 bits per heavy atom. The number of aromatic nitrogens is 3. The van der Waals surface area contributed by atoms with Gasteiger partial charge in [0.25, 0.3) is 5.91 Å². The molecular formula is C15H14N4OS. The van der Waals surface area contributed by atoms with Gasteiger partial charge in [0.2, 0.25) is 0 Å². The number of carbonyl (C=O) groups excluding carboxylic acids is 1. The van der Waals surface area contributed by atoms with E-state index in [9.17, 15) is 4.79 Å². The fourth-order valence-corrected chi connectivity index (χ4v) is 3.47. The Morgan fingerprint density at radius 3 is 3.29 bits per heavy atom. The summed E-state index contributed by atoms with van der Waals surface area (Å²) in [4.78, 5) is 20.9. The van der Waals surface area contributed by atoms with E-state index in [-0.39, 0.29) is 11.9 Å². The highest BCUT2D eigenvalue weighted by atomic mass is 32.1. The molecule has 0 saturated carbocycles. The average Bonchev–Trinajstić information content (AvgIpc) is 3.14. The smallest absolute Gasteiger partial charge is 0.251 e. The number of fused-ring (bicyclic) bond motifs is 2. The normalized spacial score (nSPS) is 17.6. The van der Waals surface area contributed by atoms with Gasteiger partial charge in [-0.2, -0.15) is 0 Å². The summed E-state index contributed by atoms with van der Waals surface area (Å²) in [5, 5.41) is 3.12. The third kappa shape index (κ3) is 2.31. The summed E-state index contributed by atoms with van der Waals surface area (Å²) in [5.74, 6) is 1.09. The number of carbonyl (C=O) groups is 1. The molecule has 1 atom stereocenters. The van der Waals surface area contributed by atoms with Gasteiger partial charge in [0.05, 0.1) is 15.7 Å². The van der Waals surface area contributed by atoms with Gasteiger partial charge in [0.1, 0.15) is 5.82 Å². The zero-order valence-corrected chi connectivity index (χ0v) is 12.1. The molecule has 4 rings (SSSR count). The van der Waals surface area contributed by atoms with Gasteiger partial charge in [-0.1, -0.05) is 0 Å². The first-order chi connectivity index (χ1) is 10.3. The molecule has 1 N–H and O–H groups in total. The zero-order chi connectivity index (χ0) is 14.2. The first-order valence-corrected chi connectivity index (χ1v) is 7.82. The molecule has 3 aromatic rings. The van der Waals surface area contributed by atoms with Crippen LogP contribution < -0.4 is 5.32 Å². The number of hydrogen-bond acceptors (Lipinski definition) is 4. The van der Waals surface area contributed by atoms with E-state index in [0.717, 1.165) is 35.4 Å². The third-order valence-corrected chi connectivity index (χ3v) is 4.66. The van der Waals surface area contributed by atoms with E-state index in [0.29, 0.717) is 5.56 Å². The second kappa shape index (κ2) is 4.96. The van der Waals surface area contributed by atoms with Crippen molar-refractivity contribution in [1.82, 2.24) is 19.9 Å². The molecule has 1 aliphatic heterocycles. The van der Waals surface area contributed by atoms with Crippen LogP contribution >= 0.6 is 11.3 Å². The lowest BCUT2D eigenvalue weighted by molar-refractivity contribution is 0.0927. The van der Waals surface area contributed by atoms with E-state index in [2.05, 4.69) is 19.9 Å². The minimum Gasteiger partial charge on any atom is -0.347 e. The molecule has 0 bridgehead atoms. The SMILES string of the molecule is O=C(N[C@@H]1CCc2nccn2C1)c1ccc2ncsc2c1. The van der Waals surface area contributed by atoms with Crippen LogP contribution in [0.4, 0.5) is 0 Å². The van der Waals surface area contributed by atoms with Crippen LogP contribution in [0.25, 0.3) is 10.2 Å². The van der Waals surface area contributed by atoms with E-state index in [4.69, 9.17) is 0 Å². The van der Waals surface area contributed by atoms with Crippen molar-refractivity contribution in [3.8, 4) is 0 Å². The third-order valence-electron chi connectivity index (χ3n) is 3.86. The highest BCUT2D eigenvalue weighted by Crippen LogP contribution is 2.19. The molecule has 3 heterocycles. The Morgan fingerprint density at radius 2 is 2.33 bits per heavy atom. The predicted molar refractivity (Wildman–Crippen MR) is 81.4 cm³/mol. The quantitative estimate of drug-likeness (QED) is 0.789. The summed E-state index contributed by atoms with van der Waals surface area (Å²) >= 11 is 1.55. The second-order valence-electron chi connectivity index (χ2n) is 5.24. The van der Waals surface area contributed by atoms with Crippen molar-refractivity contribution in [2.45, 2.75) is 25.4 Å². The number of hydrogen-bond donors (Lipinski definition) is 1. The molecule has 0 spiro atoms. The largest absolute Gasteiger partial charge is 0.347 e. The Balaban J connectivity index is 1.50. The van der Waals surface area contributed by atoms with Crippen LogP contribution in [0.5, 0.6) is 0 Å². The van der Waals surface area contributed by atoms with Crippen molar-refractivity contribution >= 4 is 27.5 Å². The van der Waals surface area contributed by atoms with Gasteiger partial charge < -0.3 is 9.88 Å². The van der Waals surface area contributed by atoms with Gasteiger partial charge in [0.15, 0.2) is 0 Å². The number of thiazole rings is 1. The van der Waals surface area contributed by atoms with Crippen LogP contribution in [0.3, 0.4) is 0 Å². The molecule has 1 amide bonds. The summed E-state index contributed by atoms with van der Waals surface area (Å²) in [6.07, 6.45) is 5.63. The lowest BCUT2D eigenvalue weighted by Crippen LogP contribution is -2.40. The lowest BCUT2D eigenvalue weighted by Gasteiger charge is -2.24. The molecule has 2 aromatic heterocycles. The summed E-state index contributed by atoms with van der Waals surface area (Å²) in [6.45, 7) is 0.796. The molecule has 0 aliphatic carbocycles. The van der Waals surface area contributed by atoms with Crippen LogP contribution in [0.2, 0.25) is 0 Å². The van der Waals surface area contributed by atoms with Crippen LogP contribution in [0, 0.1) is 0 Å². The molecule has 0 saturated heterocycles. The van der Waals surface area contributed by atoms with Gasteiger partial charge in [-0.05, 0) is 24.6 Å². The number of nitrogens with one attached hydrogen (secondary N) is 1. The minimum atomic E-state index is -0.0149. The Bertz CT molecular complexity index is 807. The van der Waals surface area contributed by atoms with Gasteiger partial charge in [0, 0.05) is 37.0 Å². The van der Waals surface area contributed by atoms with E-state index in [1.165, 1.54) is 0 Å². The second-order valence-corrected chi connectivity index (χ2v) is 6.13. The van der Waals surface area contributed by atoms with Crippen LogP contribution in [0.15, 0.2) is 36.1 Å². The number of amides is 1. The fraction of sp³-hybridized carbons (Fsp3) is 0.267. The summed E-state index contributed by atoms with van der Waals surface area (Å²) in [7, 11) is 0. The van der Waals surface area contributed by atoms with E-state index in [1.54, 1.807) is 16.8 Å². The van der Waals surface area contributed by atoms with Crippen molar-refractivity contribution in [2.75, 3.05) is 0 Å². The summed E-state index contributed by atoms with van der Waals surface area (Å²) in [6, 6.07) is 5.81.